The maximum Gasteiger partial charge on any atom is 1.00 e. The van der Waals surface area contributed by atoms with Gasteiger partial charge < -0.3 is 9.90 Å². The van der Waals surface area contributed by atoms with Gasteiger partial charge in [0.05, 0.1) is 5.97 Å². The van der Waals surface area contributed by atoms with Crippen LogP contribution in [0.2, 0.25) is 0 Å². The first-order chi connectivity index (χ1) is 24.2. The van der Waals surface area contributed by atoms with Gasteiger partial charge in [-0.05, 0) is 32.4 Å². The fraction of sp³-hybridized carbons (Fsp3) is 0.978. The Morgan fingerprint density at radius 2 is 0.560 bits per heavy atom. The van der Waals surface area contributed by atoms with Crippen LogP contribution in [0.1, 0.15) is 271 Å². The average Bonchev–Trinajstić information content (AvgIpc) is 3.10. The van der Waals surface area contributed by atoms with Crippen molar-refractivity contribution in [1.29, 1.82) is 0 Å². The average molecular weight is 698 g/mol. The van der Waals surface area contributed by atoms with E-state index in [1.165, 1.54) is 218 Å². The normalized spacial score (nSPS) is 12.1. The van der Waals surface area contributed by atoms with E-state index in [1.807, 2.05) is 0 Å². The molecule has 0 rings (SSSR count). The zero-order valence-electron chi connectivity index (χ0n) is 35.3. The van der Waals surface area contributed by atoms with Crippen LogP contribution in [0.25, 0.3) is 0 Å². The van der Waals surface area contributed by atoms with E-state index in [2.05, 4.69) is 25.7 Å². The van der Waals surface area contributed by atoms with Crippen LogP contribution in [0.15, 0.2) is 0 Å². The Morgan fingerprint density at radius 1 is 0.360 bits per heavy atom. The van der Waals surface area contributed by atoms with E-state index in [0.717, 1.165) is 45.2 Å². The fourth-order valence-electron chi connectivity index (χ4n) is 7.70. The zero-order valence-corrected chi connectivity index (χ0v) is 35.3. The van der Waals surface area contributed by atoms with Crippen LogP contribution < -0.4 is 24.0 Å². The van der Waals surface area contributed by atoms with Crippen molar-refractivity contribution in [2.45, 2.75) is 277 Å². The minimum absolute atomic E-state index is 0. The van der Waals surface area contributed by atoms with Gasteiger partial charge in [-0.2, -0.15) is 0 Å². The Bertz CT molecular complexity index is 589. The largest absolute Gasteiger partial charge is 1.00 e. The minimum atomic E-state index is -0.849. The van der Waals surface area contributed by atoms with Gasteiger partial charge in [-0.15, -0.1) is 0 Å². The smallest absolute Gasteiger partial charge is 0.548 e. The van der Waals surface area contributed by atoms with Crippen LogP contribution >= 0.6 is 0 Å². The maximum absolute atomic E-state index is 12.1. The number of rotatable bonds is 43. The Labute approximate surface area is 328 Å². The first-order valence-corrected chi connectivity index (χ1v) is 23.1. The predicted molar refractivity (Wildman–Crippen MR) is 217 cm³/mol. The molecule has 0 heterocycles. The van der Waals surface area contributed by atoms with Gasteiger partial charge in [0.25, 0.3) is 0 Å². The van der Waals surface area contributed by atoms with Gasteiger partial charge in [0.1, 0.15) is 0 Å². The quantitative estimate of drug-likeness (QED) is 0.0470. The number of carbonyl (C=O) groups excluding carboxylic acids is 1. The van der Waals surface area contributed by atoms with Crippen LogP contribution in [-0.2, 0) is 4.79 Å². The van der Waals surface area contributed by atoms with Crippen LogP contribution in [0, 0.1) is 0 Å². The standard InChI is InChI=1S/C46H93NO2.Li/c1-4-7-10-12-14-16-18-20-22-24-26-28-30-32-34-36-38-40-43-47(45(46(48)49)42-9-6-3)44-41-39-37-35-33-31-29-27-25-23-21-19-17-15-13-11-8-5-2;/h45H,4-44H2,1-3H3,(H,48,49);/q;+1/p-1. The van der Waals surface area contributed by atoms with Crippen LogP contribution in [0.4, 0.5) is 0 Å². The van der Waals surface area contributed by atoms with E-state index >= 15 is 0 Å². The molecule has 0 radical (unpaired) electrons. The molecule has 1 unspecified atom stereocenters. The van der Waals surface area contributed by atoms with E-state index in [4.69, 9.17) is 0 Å². The second-order valence-electron chi connectivity index (χ2n) is 16.0. The summed E-state index contributed by atoms with van der Waals surface area (Å²) in [6.07, 6.45) is 52.7. The molecule has 4 heteroatoms. The van der Waals surface area contributed by atoms with Gasteiger partial charge in [-0.1, -0.05) is 252 Å². The number of hydrogen-bond donors (Lipinski definition) is 0. The molecule has 0 fully saturated rings. The Balaban J connectivity index is 0. The zero-order chi connectivity index (χ0) is 35.7. The van der Waals surface area contributed by atoms with Gasteiger partial charge in [-0.25, -0.2) is 0 Å². The van der Waals surface area contributed by atoms with Gasteiger partial charge in [0, 0.05) is 6.04 Å². The molecule has 1 atom stereocenters. The molecular weight excluding hydrogens is 605 g/mol. The molecule has 0 aliphatic heterocycles. The molecule has 0 aromatic rings. The number of aliphatic carboxylic acids is 1. The van der Waals surface area contributed by atoms with Crippen molar-refractivity contribution in [1.82, 2.24) is 4.90 Å². The van der Waals surface area contributed by atoms with Gasteiger partial charge >= 0.3 is 18.9 Å². The van der Waals surface area contributed by atoms with Gasteiger partial charge in [-0.3, -0.25) is 4.90 Å². The molecule has 0 N–H and O–H groups in total. The van der Waals surface area contributed by atoms with Crippen LogP contribution in [0.3, 0.4) is 0 Å². The molecule has 294 valence electrons. The monoisotopic (exact) mass is 698 g/mol. The van der Waals surface area contributed by atoms with Crippen molar-refractivity contribution >= 4 is 5.97 Å². The van der Waals surface area contributed by atoms with Crippen molar-refractivity contribution in [3.05, 3.63) is 0 Å². The first kappa shape index (κ1) is 52.1. The van der Waals surface area contributed by atoms with E-state index in [9.17, 15) is 9.90 Å². The van der Waals surface area contributed by atoms with Gasteiger partial charge in [0.2, 0.25) is 0 Å². The SMILES string of the molecule is CCCCCCCCCCCCCCCCCCCCN(CCCCCCCCCCCCCCCCCCCC)C(CCCC)C(=O)[O-].[Li+]. The molecule has 0 aliphatic carbocycles. The third kappa shape index (κ3) is 39.2. The minimum Gasteiger partial charge on any atom is -0.548 e. The summed E-state index contributed by atoms with van der Waals surface area (Å²) in [6.45, 7) is 8.61. The Morgan fingerprint density at radius 3 is 0.760 bits per heavy atom. The van der Waals surface area contributed by atoms with Gasteiger partial charge in [0.15, 0.2) is 0 Å². The second-order valence-corrected chi connectivity index (χ2v) is 16.0. The summed E-state index contributed by atoms with van der Waals surface area (Å²) < 4.78 is 0. The molecule has 0 aromatic heterocycles. The summed E-state index contributed by atoms with van der Waals surface area (Å²) in [4.78, 5) is 14.4. The number of carboxylic acid groups (broad SMARTS) is 1. The molecule has 0 aliphatic rings. The summed E-state index contributed by atoms with van der Waals surface area (Å²) in [6, 6.07) is -0.392. The number of carboxylic acids is 1. The van der Waals surface area contributed by atoms with Crippen molar-refractivity contribution < 1.29 is 28.8 Å². The van der Waals surface area contributed by atoms with E-state index in [1.54, 1.807) is 0 Å². The van der Waals surface area contributed by atoms with E-state index in [0.29, 0.717) is 0 Å². The van der Waals surface area contributed by atoms with E-state index < -0.39 is 12.0 Å². The summed E-state index contributed by atoms with van der Waals surface area (Å²) in [7, 11) is 0. The van der Waals surface area contributed by atoms with Crippen LogP contribution in [-0.4, -0.2) is 30.0 Å². The fourth-order valence-corrected chi connectivity index (χ4v) is 7.70. The molecule has 3 nitrogen and oxygen atoms in total. The number of unbranched alkanes of at least 4 members (excludes halogenated alkanes) is 35. The summed E-state index contributed by atoms with van der Waals surface area (Å²) in [5.74, 6) is -0.849. The number of carbonyl (C=O) groups is 1. The second kappa shape index (κ2) is 45.2. The molecule has 0 aromatic carbocycles. The van der Waals surface area contributed by atoms with Crippen LogP contribution in [0.5, 0.6) is 0 Å². The molecular formula is C46H92LiNO2. The van der Waals surface area contributed by atoms with Crippen molar-refractivity contribution in [3.8, 4) is 0 Å². The predicted octanol–water partition coefficient (Wildman–Crippen LogP) is 11.7. The molecule has 50 heavy (non-hydrogen) atoms. The van der Waals surface area contributed by atoms with Crippen molar-refractivity contribution in [2.24, 2.45) is 0 Å². The third-order valence-corrected chi connectivity index (χ3v) is 11.1. The summed E-state index contributed by atoms with van der Waals surface area (Å²) in [5.41, 5.74) is 0. The van der Waals surface area contributed by atoms with Crippen molar-refractivity contribution in [3.63, 3.8) is 0 Å². The Kier molecular flexibility index (Phi) is 47.1. The summed E-state index contributed by atoms with van der Waals surface area (Å²) >= 11 is 0. The maximum atomic E-state index is 12.1. The topological polar surface area (TPSA) is 43.4 Å². The summed E-state index contributed by atoms with van der Waals surface area (Å²) in [5, 5.41) is 12.1. The number of nitrogens with zero attached hydrogens (tertiary/aromatic N) is 1. The van der Waals surface area contributed by atoms with Crippen molar-refractivity contribution in [2.75, 3.05) is 13.1 Å². The molecule has 0 amide bonds. The molecule has 0 spiro atoms. The molecule has 0 saturated heterocycles. The first-order valence-electron chi connectivity index (χ1n) is 23.1. The third-order valence-electron chi connectivity index (χ3n) is 11.1. The van der Waals surface area contributed by atoms with E-state index in [-0.39, 0.29) is 18.9 Å². The number of hydrogen-bond acceptors (Lipinski definition) is 3. The molecule has 0 bridgehead atoms. The Hall–Kier alpha value is 0.0274. The molecule has 0 saturated carbocycles.